The smallest absolute Gasteiger partial charge is 0.255 e. The number of halogens is 1. The number of piperazine rings is 1. The number of nitrogens with zero attached hydrogens (tertiary/aromatic N) is 6. The number of amides is 1. The molecule has 0 aliphatic carbocycles. The summed E-state index contributed by atoms with van der Waals surface area (Å²) in [7, 11) is 0. The Morgan fingerprint density at radius 1 is 1.18 bits per heavy atom. The molecule has 1 atom stereocenters. The molecular weight excluding hydrogens is 513 g/mol. The van der Waals surface area contributed by atoms with E-state index in [1.165, 1.54) is 26.2 Å². The lowest BCUT2D eigenvalue weighted by Gasteiger charge is -2.28. The first-order chi connectivity index (χ1) is 19.2. The van der Waals surface area contributed by atoms with E-state index < -0.39 is 17.7 Å². The van der Waals surface area contributed by atoms with Crippen molar-refractivity contribution in [3.8, 4) is 17.5 Å². The van der Waals surface area contributed by atoms with Gasteiger partial charge in [-0.15, -0.1) is 0 Å². The fourth-order valence-corrected chi connectivity index (χ4v) is 4.36. The Hall–Kier alpha value is -4.60. The maximum Gasteiger partial charge on any atom is 0.255 e. The van der Waals surface area contributed by atoms with Gasteiger partial charge in [-0.1, -0.05) is 0 Å². The van der Waals surface area contributed by atoms with Gasteiger partial charge in [-0.3, -0.25) is 9.78 Å². The van der Waals surface area contributed by atoms with E-state index in [-0.39, 0.29) is 12.1 Å². The van der Waals surface area contributed by atoms with Gasteiger partial charge in [0.15, 0.2) is 0 Å². The number of fused-ring (bicyclic) bond motifs is 1. The van der Waals surface area contributed by atoms with E-state index in [0.717, 1.165) is 37.5 Å². The number of alkyl halides is 1. The average Bonchev–Trinajstić information content (AvgIpc) is 3.39. The third-order valence-corrected chi connectivity index (χ3v) is 6.72. The Kier molecular flexibility index (Phi) is 7.59. The van der Waals surface area contributed by atoms with Crippen LogP contribution in [0.2, 0.25) is 0 Å². The first kappa shape index (κ1) is 27.0. The van der Waals surface area contributed by atoms with Crippen LogP contribution in [0.3, 0.4) is 0 Å². The molecule has 4 aromatic rings. The molecule has 206 valence electrons. The van der Waals surface area contributed by atoms with Gasteiger partial charge < -0.3 is 26.0 Å². The first-order valence-electron chi connectivity index (χ1n) is 12.9. The van der Waals surface area contributed by atoms with Crippen LogP contribution in [-0.2, 0) is 0 Å². The molecule has 0 spiro atoms. The summed E-state index contributed by atoms with van der Waals surface area (Å²) in [6.07, 6.45) is 2.93. The van der Waals surface area contributed by atoms with Crippen LogP contribution >= 0.6 is 0 Å². The van der Waals surface area contributed by atoms with E-state index in [9.17, 15) is 19.6 Å². The molecule has 1 fully saturated rings. The second kappa shape index (κ2) is 11.3. The number of rotatable bonds is 8. The van der Waals surface area contributed by atoms with Crippen LogP contribution in [0.1, 0.15) is 29.8 Å². The summed E-state index contributed by atoms with van der Waals surface area (Å²) in [6, 6.07) is 13.0. The first-order valence-corrected chi connectivity index (χ1v) is 12.9. The molecule has 5 heterocycles. The lowest BCUT2D eigenvalue weighted by Crippen LogP contribution is -2.43. The molecule has 4 N–H and O–H groups in total. The van der Waals surface area contributed by atoms with E-state index in [0.29, 0.717) is 28.3 Å². The number of carbonyl (C=O) groups is 1. The largest absolute Gasteiger partial charge is 0.387 e. The third kappa shape index (κ3) is 5.85. The maximum absolute atomic E-state index is 14.3. The van der Waals surface area contributed by atoms with Crippen molar-refractivity contribution < 1.29 is 14.3 Å². The topological polar surface area (TPSA) is 144 Å². The number of nitriles is 1. The molecule has 12 heteroatoms. The Labute approximate surface area is 230 Å². The summed E-state index contributed by atoms with van der Waals surface area (Å²) in [6.45, 7) is 5.86. The van der Waals surface area contributed by atoms with Crippen LogP contribution < -0.4 is 20.9 Å². The van der Waals surface area contributed by atoms with Gasteiger partial charge in [0.1, 0.15) is 18.1 Å². The quantitative estimate of drug-likeness (QED) is 0.264. The summed E-state index contributed by atoms with van der Waals surface area (Å²) in [5.41, 5.74) is 2.03. The molecule has 4 aromatic heterocycles. The van der Waals surface area contributed by atoms with Crippen molar-refractivity contribution >= 4 is 28.6 Å². The SMILES string of the molecule is CC(C)(O)[C@H](F)CNC(=O)c1cnc(-c2ccc3cc(C#N)cnn23)cc1Nc1ccc(N2CCNCC2)nc1. The van der Waals surface area contributed by atoms with Gasteiger partial charge in [0.2, 0.25) is 0 Å². The van der Waals surface area contributed by atoms with Crippen LogP contribution in [0.15, 0.2) is 55.0 Å². The maximum atomic E-state index is 14.3. The molecule has 5 rings (SSSR count). The summed E-state index contributed by atoms with van der Waals surface area (Å²) >= 11 is 0. The highest BCUT2D eigenvalue weighted by Gasteiger charge is 2.27. The number of pyridine rings is 2. The van der Waals surface area contributed by atoms with Crippen LogP contribution in [-0.4, -0.2) is 75.1 Å². The number of carbonyl (C=O) groups excluding carboxylic acids is 1. The Morgan fingerprint density at radius 2 is 1.98 bits per heavy atom. The number of hydrogen-bond donors (Lipinski definition) is 4. The van der Waals surface area contributed by atoms with Crippen molar-refractivity contribution in [3.63, 3.8) is 0 Å². The van der Waals surface area contributed by atoms with Crippen LogP contribution in [0, 0.1) is 11.3 Å². The average molecular weight is 544 g/mol. The second-order valence-electron chi connectivity index (χ2n) is 10.1. The van der Waals surface area contributed by atoms with Crippen molar-refractivity contribution in [2.45, 2.75) is 25.6 Å². The van der Waals surface area contributed by atoms with Gasteiger partial charge >= 0.3 is 0 Å². The number of anilines is 3. The standard InChI is InChI=1S/C28H30FN9O2/c1-28(2,40)25(29)17-34-27(39)21-16-32-23(24-5-4-20-11-18(13-30)14-35-38(20)24)12-22(21)36-19-3-6-26(33-15-19)37-9-7-31-8-10-37/h3-6,11-12,14-16,25,31,40H,7-10,17H2,1-2H3,(H,32,36)(H,34,39)/t25-/m1/s1. The van der Waals surface area contributed by atoms with Crippen LogP contribution in [0.4, 0.5) is 21.6 Å². The van der Waals surface area contributed by atoms with Crippen molar-refractivity contribution in [2.24, 2.45) is 0 Å². The van der Waals surface area contributed by atoms with Crippen molar-refractivity contribution in [1.82, 2.24) is 30.2 Å². The molecule has 0 radical (unpaired) electrons. The van der Waals surface area contributed by atoms with Gasteiger partial charge in [-0.05, 0) is 50.2 Å². The van der Waals surface area contributed by atoms with E-state index in [1.807, 2.05) is 24.3 Å². The summed E-state index contributed by atoms with van der Waals surface area (Å²) in [5, 5.41) is 32.6. The molecule has 0 unspecified atom stereocenters. The van der Waals surface area contributed by atoms with E-state index in [4.69, 9.17) is 0 Å². The third-order valence-electron chi connectivity index (χ3n) is 6.72. The fourth-order valence-electron chi connectivity index (χ4n) is 4.36. The summed E-state index contributed by atoms with van der Waals surface area (Å²) in [5.74, 6) is 0.319. The molecule has 1 aliphatic rings. The second-order valence-corrected chi connectivity index (χ2v) is 10.1. The fraction of sp³-hybridized carbons (Fsp3) is 0.321. The van der Waals surface area contributed by atoms with E-state index in [2.05, 4.69) is 42.0 Å². The lowest BCUT2D eigenvalue weighted by atomic mass is 10.0. The van der Waals surface area contributed by atoms with Crippen molar-refractivity contribution in [3.05, 3.63) is 66.1 Å². The minimum absolute atomic E-state index is 0.193. The Morgan fingerprint density at radius 3 is 2.67 bits per heavy atom. The van der Waals surface area contributed by atoms with Crippen LogP contribution in [0.5, 0.6) is 0 Å². The van der Waals surface area contributed by atoms with Gasteiger partial charge in [-0.25, -0.2) is 13.9 Å². The molecule has 0 saturated carbocycles. The predicted octanol–water partition coefficient (Wildman–Crippen LogP) is 2.65. The minimum atomic E-state index is -1.65. The molecule has 0 aromatic carbocycles. The Bertz CT molecular complexity index is 1550. The molecule has 11 nitrogen and oxygen atoms in total. The monoisotopic (exact) mass is 543 g/mol. The number of aromatic nitrogens is 4. The van der Waals surface area contributed by atoms with Gasteiger partial charge in [-0.2, -0.15) is 10.4 Å². The van der Waals surface area contributed by atoms with E-state index >= 15 is 0 Å². The summed E-state index contributed by atoms with van der Waals surface area (Å²) < 4.78 is 16.0. The highest BCUT2D eigenvalue weighted by molar-refractivity contribution is 6.00. The summed E-state index contributed by atoms with van der Waals surface area (Å²) in [4.78, 5) is 24.4. The van der Waals surface area contributed by atoms with Gasteiger partial charge in [0.05, 0.1) is 63.9 Å². The normalized spacial score (nSPS) is 14.5. The molecule has 1 saturated heterocycles. The minimum Gasteiger partial charge on any atom is -0.387 e. The van der Waals surface area contributed by atoms with Crippen LogP contribution in [0.25, 0.3) is 16.9 Å². The number of aliphatic hydroxyl groups is 1. The molecule has 0 bridgehead atoms. The van der Waals surface area contributed by atoms with Crippen molar-refractivity contribution in [2.75, 3.05) is 42.9 Å². The highest BCUT2D eigenvalue weighted by Crippen LogP contribution is 2.28. The zero-order chi connectivity index (χ0) is 28.3. The predicted molar refractivity (Wildman–Crippen MR) is 149 cm³/mol. The number of hydrogen-bond acceptors (Lipinski definition) is 9. The number of nitrogens with one attached hydrogen (secondary N) is 3. The molecular formula is C28H30FN9O2. The van der Waals surface area contributed by atoms with Gasteiger partial charge in [0.25, 0.3) is 5.91 Å². The molecule has 40 heavy (non-hydrogen) atoms. The zero-order valence-electron chi connectivity index (χ0n) is 22.2. The van der Waals surface area contributed by atoms with Gasteiger partial charge in [0, 0.05) is 32.4 Å². The van der Waals surface area contributed by atoms with E-state index in [1.54, 1.807) is 22.8 Å². The van der Waals surface area contributed by atoms with Crippen molar-refractivity contribution in [1.29, 1.82) is 5.26 Å². The zero-order valence-corrected chi connectivity index (χ0v) is 22.2. The Balaban J connectivity index is 1.46. The highest BCUT2D eigenvalue weighted by atomic mass is 19.1. The molecule has 1 amide bonds. The molecule has 1 aliphatic heterocycles. The lowest BCUT2D eigenvalue weighted by molar-refractivity contribution is -0.00177.